The van der Waals surface area contributed by atoms with Gasteiger partial charge in [0.1, 0.15) is 0 Å². The van der Waals surface area contributed by atoms with Crippen LogP contribution in [0.5, 0.6) is 0 Å². The molecule has 3 rings (SSSR count). The van der Waals surface area contributed by atoms with Gasteiger partial charge in [0.2, 0.25) is 6.10 Å². The molecule has 1 aromatic heterocycles. The van der Waals surface area contributed by atoms with Crippen molar-refractivity contribution in [1.82, 2.24) is 21.2 Å². The Hall–Kier alpha value is -2.64. The highest BCUT2D eigenvalue weighted by Crippen LogP contribution is 2.17. The highest BCUT2D eigenvalue weighted by Gasteiger charge is 2.29. The van der Waals surface area contributed by atoms with Crippen molar-refractivity contribution in [2.75, 3.05) is 0 Å². The highest BCUT2D eigenvalue weighted by atomic mass is 16.6. The zero-order valence-corrected chi connectivity index (χ0v) is 13.3. The molecule has 0 spiro atoms. The number of rotatable bonds is 3. The standard InChI is InChI=1S/C16H21N5O3/c22-15(19-20-16(23)18-12-6-2-1-3-7-12)14-9-13(21-24-14)11-5-4-8-17-10-11/h4-5,8,10,12,14H,1-3,6-7,9H2,(H,19,22)(H2,18,20,23). The molecular formula is C16H21N5O3. The van der Waals surface area contributed by atoms with Crippen molar-refractivity contribution in [3.05, 3.63) is 30.1 Å². The van der Waals surface area contributed by atoms with Crippen LogP contribution in [0.15, 0.2) is 29.7 Å². The largest absolute Gasteiger partial charge is 0.382 e. The third-order valence-electron chi connectivity index (χ3n) is 4.20. The molecule has 1 saturated carbocycles. The van der Waals surface area contributed by atoms with Gasteiger partial charge in [0.15, 0.2) is 0 Å². The van der Waals surface area contributed by atoms with Crippen LogP contribution in [0, 0.1) is 0 Å². The molecule has 128 valence electrons. The monoisotopic (exact) mass is 331 g/mol. The predicted molar refractivity (Wildman–Crippen MR) is 86.9 cm³/mol. The van der Waals surface area contributed by atoms with Crippen LogP contribution in [0.3, 0.4) is 0 Å². The minimum absolute atomic E-state index is 0.180. The molecule has 0 saturated heterocycles. The maximum atomic E-state index is 12.1. The summed E-state index contributed by atoms with van der Waals surface area (Å²) in [5, 5.41) is 6.77. The molecule has 1 atom stereocenters. The lowest BCUT2D eigenvalue weighted by Crippen LogP contribution is -2.52. The molecule has 3 N–H and O–H groups in total. The number of hydrogen-bond acceptors (Lipinski definition) is 5. The van der Waals surface area contributed by atoms with Crippen molar-refractivity contribution in [2.24, 2.45) is 5.16 Å². The fraction of sp³-hybridized carbons (Fsp3) is 0.500. The number of aromatic nitrogens is 1. The molecule has 0 aromatic carbocycles. The number of nitrogens with one attached hydrogen (secondary N) is 3. The van der Waals surface area contributed by atoms with Gasteiger partial charge in [-0.3, -0.25) is 15.2 Å². The van der Waals surface area contributed by atoms with Crippen LogP contribution < -0.4 is 16.2 Å². The van der Waals surface area contributed by atoms with Crippen molar-refractivity contribution in [2.45, 2.75) is 50.7 Å². The molecular weight excluding hydrogens is 310 g/mol. The Balaban J connectivity index is 1.41. The van der Waals surface area contributed by atoms with E-state index < -0.39 is 18.0 Å². The van der Waals surface area contributed by atoms with E-state index >= 15 is 0 Å². The summed E-state index contributed by atoms with van der Waals surface area (Å²) in [4.78, 5) is 33.0. The predicted octanol–water partition coefficient (Wildman–Crippen LogP) is 1.24. The summed E-state index contributed by atoms with van der Waals surface area (Å²) in [5.41, 5.74) is 6.22. The van der Waals surface area contributed by atoms with Gasteiger partial charge in [0.25, 0.3) is 5.91 Å². The van der Waals surface area contributed by atoms with E-state index in [0.29, 0.717) is 12.1 Å². The van der Waals surface area contributed by atoms with Crippen molar-refractivity contribution >= 4 is 17.6 Å². The van der Waals surface area contributed by atoms with E-state index in [1.807, 2.05) is 6.07 Å². The van der Waals surface area contributed by atoms with Crippen LogP contribution in [0.1, 0.15) is 44.1 Å². The van der Waals surface area contributed by atoms with E-state index in [4.69, 9.17) is 4.84 Å². The van der Waals surface area contributed by atoms with E-state index in [9.17, 15) is 9.59 Å². The van der Waals surface area contributed by atoms with Gasteiger partial charge in [-0.15, -0.1) is 0 Å². The van der Waals surface area contributed by atoms with Gasteiger partial charge in [-0.25, -0.2) is 10.2 Å². The maximum Gasteiger partial charge on any atom is 0.333 e. The van der Waals surface area contributed by atoms with Crippen molar-refractivity contribution in [3.63, 3.8) is 0 Å². The van der Waals surface area contributed by atoms with Crippen LogP contribution >= 0.6 is 0 Å². The number of nitrogens with zero attached hydrogens (tertiary/aromatic N) is 2. The number of carbonyl (C=O) groups is 2. The number of urea groups is 1. The number of oxime groups is 1. The second kappa shape index (κ2) is 7.76. The van der Waals surface area contributed by atoms with E-state index in [1.54, 1.807) is 18.5 Å². The minimum atomic E-state index is -0.754. The summed E-state index contributed by atoms with van der Waals surface area (Å²) in [5.74, 6) is -0.434. The molecule has 8 heteroatoms. The third-order valence-corrected chi connectivity index (χ3v) is 4.20. The summed E-state index contributed by atoms with van der Waals surface area (Å²) in [6, 6.07) is 3.42. The first-order valence-corrected chi connectivity index (χ1v) is 8.22. The van der Waals surface area contributed by atoms with E-state index in [2.05, 4.69) is 26.3 Å². The van der Waals surface area contributed by atoms with Crippen molar-refractivity contribution in [3.8, 4) is 0 Å². The van der Waals surface area contributed by atoms with Crippen LogP contribution in [0.2, 0.25) is 0 Å². The molecule has 24 heavy (non-hydrogen) atoms. The second-order valence-electron chi connectivity index (χ2n) is 6.00. The average Bonchev–Trinajstić information content (AvgIpc) is 3.11. The summed E-state index contributed by atoms with van der Waals surface area (Å²) < 4.78 is 0. The number of carbonyl (C=O) groups excluding carboxylic acids is 2. The van der Waals surface area contributed by atoms with Crippen LogP contribution in [0.4, 0.5) is 4.79 Å². The number of hydrazine groups is 1. The van der Waals surface area contributed by atoms with E-state index in [1.165, 1.54) is 6.42 Å². The van der Waals surface area contributed by atoms with E-state index in [-0.39, 0.29) is 6.04 Å². The van der Waals surface area contributed by atoms with Gasteiger partial charge in [0.05, 0.1) is 5.71 Å². The van der Waals surface area contributed by atoms with Gasteiger partial charge < -0.3 is 10.2 Å². The molecule has 0 radical (unpaired) electrons. The van der Waals surface area contributed by atoms with Crippen molar-refractivity contribution < 1.29 is 14.4 Å². The topological polar surface area (TPSA) is 105 Å². The van der Waals surface area contributed by atoms with Crippen LogP contribution in [0.25, 0.3) is 0 Å². The molecule has 1 aromatic rings. The maximum absolute atomic E-state index is 12.1. The molecule has 2 aliphatic rings. The van der Waals surface area contributed by atoms with Gasteiger partial charge >= 0.3 is 6.03 Å². The fourth-order valence-corrected chi connectivity index (χ4v) is 2.89. The quantitative estimate of drug-likeness (QED) is 0.725. The average molecular weight is 331 g/mol. The first kappa shape index (κ1) is 16.2. The smallest absolute Gasteiger partial charge is 0.333 e. The van der Waals surface area contributed by atoms with Crippen LogP contribution in [-0.4, -0.2) is 34.8 Å². The molecule has 3 amide bonds. The lowest BCUT2D eigenvalue weighted by Gasteiger charge is -2.23. The summed E-state index contributed by atoms with van der Waals surface area (Å²) >= 11 is 0. The SMILES string of the molecule is O=C(NNC(=O)C1CC(c2cccnc2)=NO1)NC1CCCCC1. The molecule has 1 aliphatic carbocycles. The zero-order valence-electron chi connectivity index (χ0n) is 13.3. The van der Waals surface area contributed by atoms with Crippen molar-refractivity contribution in [1.29, 1.82) is 0 Å². The third kappa shape index (κ3) is 4.21. The summed E-state index contributed by atoms with van der Waals surface area (Å²) in [6.45, 7) is 0. The Morgan fingerprint density at radius 1 is 1.17 bits per heavy atom. The Kier molecular flexibility index (Phi) is 5.25. The second-order valence-corrected chi connectivity index (χ2v) is 6.00. The minimum Gasteiger partial charge on any atom is -0.382 e. The summed E-state index contributed by atoms with van der Waals surface area (Å²) in [6.07, 6.45) is 8.35. The number of pyridine rings is 1. The molecule has 1 unspecified atom stereocenters. The van der Waals surface area contributed by atoms with E-state index in [0.717, 1.165) is 31.2 Å². The van der Waals surface area contributed by atoms with Gasteiger partial charge in [-0.2, -0.15) is 0 Å². The first-order chi connectivity index (χ1) is 11.7. The highest BCUT2D eigenvalue weighted by molar-refractivity contribution is 6.03. The van der Waals surface area contributed by atoms with Gasteiger partial charge in [-0.05, 0) is 25.0 Å². The lowest BCUT2D eigenvalue weighted by molar-refractivity contribution is -0.131. The van der Waals surface area contributed by atoms with Gasteiger partial charge in [-0.1, -0.05) is 24.4 Å². The Morgan fingerprint density at radius 2 is 2.00 bits per heavy atom. The molecule has 1 fully saturated rings. The zero-order chi connectivity index (χ0) is 16.8. The molecule has 2 heterocycles. The molecule has 0 bridgehead atoms. The Bertz CT molecular complexity index is 613. The van der Waals surface area contributed by atoms with Crippen LogP contribution in [-0.2, 0) is 9.63 Å². The first-order valence-electron chi connectivity index (χ1n) is 8.22. The fourth-order valence-electron chi connectivity index (χ4n) is 2.89. The Labute approximate surface area is 140 Å². The lowest BCUT2D eigenvalue weighted by atomic mass is 9.96. The number of amides is 3. The molecule has 8 nitrogen and oxygen atoms in total. The van der Waals surface area contributed by atoms with Gasteiger partial charge in [0, 0.05) is 30.4 Å². The summed E-state index contributed by atoms with van der Waals surface area (Å²) in [7, 11) is 0. The Morgan fingerprint density at radius 3 is 2.75 bits per heavy atom. The normalized spacial score (nSPS) is 20.7. The number of hydrogen-bond donors (Lipinski definition) is 3. The molecule has 1 aliphatic heterocycles.